The molecule has 0 bridgehead atoms. The number of halogens is 3. The van der Waals surface area contributed by atoms with Gasteiger partial charge in [-0.15, -0.1) is 0 Å². The highest BCUT2D eigenvalue weighted by Crippen LogP contribution is 2.25. The molecule has 22 heavy (non-hydrogen) atoms. The molecule has 0 aliphatic carbocycles. The van der Waals surface area contributed by atoms with Crippen LogP contribution in [0.1, 0.15) is 6.42 Å². The van der Waals surface area contributed by atoms with Crippen LogP contribution in [0.2, 0.25) is 10.0 Å². The summed E-state index contributed by atoms with van der Waals surface area (Å²) in [6.07, 6.45) is -0.421. The first-order valence-corrected chi connectivity index (χ1v) is 7.00. The van der Waals surface area contributed by atoms with Crippen molar-refractivity contribution < 1.29 is 14.0 Å². The Morgan fingerprint density at radius 1 is 1.00 bits per heavy atom. The van der Waals surface area contributed by atoms with E-state index in [1.807, 2.05) is 0 Å². The summed E-state index contributed by atoms with van der Waals surface area (Å²) in [7, 11) is 0. The Labute approximate surface area is 136 Å². The van der Waals surface area contributed by atoms with E-state index in [4.69, 9.17) is 23.2 Å². The van der Waals surface area contributed by atoms with Crippen LogP contribution in [0.3, 0.4) is 0 Å². The van der Waals surface area contributed by atoms with Gasteiger partial charge in [0.2, 0.25) is 11.8 Å². The largest absolute Gasteiger partial charge is 0.326 e. The summed E-state index contributed by atoms with van der Waals surface area (Å²) < 4.78 is 13.0. The third-order valence-corrected chi connectivity index (χ3v) is 3.18. The minimum Gasteiger partial charge on any atom is -0.326 e. The van der Waals surface area contributed by atoms with E-state index < -0.39 is 24.1 Å². The molecule has 4 nitrogen and oxygen atoms in total. The fourth-order valence-corrected chi connectivity index (χ4v) is 2.16. The maximum Gasteiger partial charge on any atom is 0.233 e. The summed E-state index contributed by atoms with van der Waals surface area (Å²) in [6.45, 7) is 0. The lowest BCUT2D eigenvalue weighted by Gasteiger charge is -2.08. The van der Waals surface area contributed by atoms with Crippen LogP contribution in [-0.2, 0) is 9.59 Å². The minimum atomic E-state index is -0.562. The van der Waals surface area contributed by atoms with Crippen molar-refractivity contribution in [3.05, 3.63) is 58.3 Å². The molecule has 0 spiro atoms. The van der Waals surface area contributed by atoms with Crippen molar-refractivity contribution in [1.29, 1.82) is 0 Å². The van der Waals surface area contributed by atoms with Gasteiger partial charge >= 0.3 is 0 Å². The molecule has 2 amide bonds. The van der Waals surface area contributed by atoms with Gasteiger partial charge in [-0.1, -0.05) is 29.3 Å². The van der Waals surface area contributed by atoms with Gasteiger partial charge in [-0.05, 0) is 36.4 Å². The second-order valence-corrected chi connectivity index (χ2v) is 5.25. The van der Waals surface area contributed by atoms with Crippen LogP contribution in [0.15, 0.2) is 42.5 Å². The maximum atomic E-state index is 13.0. The van der Waals surface area contributed by atoms with E-state index in [-0.39, 0.29) is 10.7 Å². The third kappa shape index (κ3) is 4.72. The van der Waals surface area contributed by atoms with Gasteiger partial charge in [-0.2, -0.15) is 0 Å². The molecular formula is C15H11Cl2FN2O2. The first-order valence-electron chi connectivity index (χ1n) is 6.24. The highest BCUT2D eigenvalue weighted by molar-refractivity contribution is 6.36. The molecular weight excluding hydrogens is 330 g/mol. The van der Waals surface area contributed by atoms with E-state index in [0.717, 1.165) is 6.07 Å². The Kier molecular flexibility index (Phi) is 5.35. The first-order chi connectivity index (χ1) is 10.4. The zero-order valence-electron chi connectivity index (χ0n) is 11.2. The fourth-order valence-electron chi connectivity index (χ4n) is 1.70. The number of rotatable bonds is 4. The molecule has 2 aromatic carbocycles. The van der Waals surface area contributed by atoms with Crippen molar-refractivity contribution in [3.8, 4) is 0 Å². The average molecular weight is 341 g/mol. The summed E-state index contributed by atoms with van der Waals surface area (Å²) in [5, 5.41) is 5.64. The van der Waals surface area contributed by atoms with Gasteiger partial charge in [0.1, 0.15) is 12.2 Å². The van der Waals surface area contributed by atoms with E-state index in [1.54, 1.807) is 6.07 Å². The summed E-state index contributed by atoms with van der Waals surface area (Å²) in [4.78, 5) is 23.5. The van der Waals surface area contributed by atoms with Crippen molar-refractivity contribution >= 4 is 46.4 Å². The van der Waals surface area contributed by atoms with E-state index in [1.165, 1.54) is 30.3 Å². The number of amides is 2. The van der Waals surface area contributed by atoms with Crippen LogP contribution in [-0.4, -0.2) is 11.8 Å². The van der Waals surface area contributed by atoms with E-state index in [0.29, 0.717) is 10.7 Å². The number of nitrogens with one attached hydrogen (secondary N) is 2. The number of hydrogen-bond donors (Lipinski definition) is 2. The number of benzene rings is 2. The zero-order valence-corrected chi connectivity index (χ0v) is 12.7. The van der Waals surface area contributed by atoms with E-state index >= 15 is 0 Å². The molecule has 0 saturated carbocycles. The Balaban J connectivity index is 1.92. The fraction of sp³-hybridized carbons (Fsp3) is 0.0667. The molecule has 0 heterocycles. The monoisotopic (exact) mass is 340 g/mol. The lowest BCUT2D eigenvalue weighted by Crippen LogP contribution is -2.21. The third-order valence-electron chi connectivity index (χ3n) is 2.63. The van der Waals surface area contributed by atoms with Gasteiger partial charge in [-0.3, -0.25) is 9.59 Å². The summed E-state index contributed by atoms with van der Waals surface area (Å²) >= 11 is 11.7. The molecule has 0 aliphatic rings. The molecule has 0 saturated heterocycles. The lowest BCUT2D eigenvalue weighted by atomic mass is 10.2. The van der Waals surface area contributed by atoms with Gasteiger partial charge in [-0.25, -0.2) is 4.39 Å². The molecule has 0 fully saturated rings. The molecule has 2 aromatic rings. The van der Waals surface area contributed by atoms with Crippen molar-refractivity contribution in [2.75, 3.05) is 10.6 Å². The molecule has 0 atom stereocenters. The number of carbonyl (C=O) groups is 2. The quantitative estimate of drug-likeness (QED) is 0.823. The lowest BCUT2D eigenvalue weighted by molar-refractivity contribution is -0.123. The molecule has 2 rings (SSSR count). The van der Waals surface area contributed by atoms with E-state index in [2.05, 4.69) is 10.6 Å². The van der Waals surface area contributed by atoms with Crippen molar-refractivity contribution in [3.63, 3.8) is 0 Å². The van der Waals surface area contributed by atoms with Crippen LogP contribution in [0.4, 0.5) is 15.8 Å². The Bertz CT molecular complexity index is 722. The van der Waals surface area contributed by atoms with Crippen LogP contribution in [0.5, 0.6) is 0 Å². The van der Waals surface area contributed by atoms with Crippen molar-refractivity contribution in [1.82, 2.24) is 0 Å². The Hall–Kier alpha value is -2.11. The normalized spacial score (nSPS) is 10.1. The van der Waals surface area contributed by atoms with Gasteiger partial charge < -0.3 is 10.6 Å². The molecule has 114 valence electrons. The highest BCUT2D eigenvalue weighted by atomic mass is 35.5. The molecule has 0 aliphatic heterocycles. The molecule has 0 unspecified atom stereocenters. The number of anilines is 2. The number of hydrogen-bond acceptors (Lipinski definition) is 2. The second-order valence-electron chi connectivity index (χ2n) is 4.41. The van der Waals surface area contributed by atoms with Gasteiger partial charge in [0.05, 0.1) is 10.7 Å². The molecule has 0 aromatic heterocycles. The Morgan fingerprint density at radius 3 is 2.41 bits per heavy atom. The van der Waals surface area contributed by atoms with Crippen LogP contribution >= 0.6 is 23.2 Å². The zero-order chi connectivity index (χ0) is 16.1. The number of carbonyl (C=O) groups excluding carboxylic acids is 2. The predicted octanol–water partition coefficient (Wildman–Crippen LogP) is 4.10. The topological polar surface area (TPSA) is 58.2 Å². The molecule has 0 radical (unpaired) electrons. The minimum absolute atomic E-state index is 0.270. The predicted molar refractivity (Wildman–Crippen MR) is 84.7 cm³/mol. The SMILES string of the molecule is O=C(CC(=O)Nc1ccc(Cl)cc1Cl)Nc1cccc(F)c1. The average Bonchev–Trinajstić information content (AvgIpc) is 2.41. The van der Waals surface area contributed by atoms with Gasteiger partial charge in [0, 0.05) is 10.7 Å². The van der Waals surface area contributed by atoms with Crippen molar-refractivity contribution in [2.24, 2.45) is 0 Å². The van der Waals surface area contributed by atoms with Crippen LogP contribution in [0.25, 0.3) is 0 Å². The van der Waals surface area contributed by atoms with Crippen LogP contribution < -0.4 is 10.6 Å². The molecule has 7 heteroatoms. The van der Waals surface area contributed by atoms with Crippen LogP contribution in [0, 0.1) is 5.82 Å². The standard InChI is InChI=1S/C15H11Cl2FN2O2/c16-9-4-5-13(12(17)6-9)20-15(22)8-14(21)19-11-3-1-2-10(18)7-11/h1-7H,8H2,(H,19,21)(H,20,22). The summed E-state index contributed by atoms with van der Waals surface area (Å²) in [5.41, 5.74) is 0.636. The maximum absolute atomic E-state index is 13.0. The van der Waals surface area contributed by atoms with Gasteiger partial charge in [0.15, 0.2) is 0 Å². The van der Waals surface area contributed by atoms with Crippen molar-refractivity contribution in [2.45, 2.75) is 6.42 Å². The van der Waals surface area contributed by atoms with E-state index in [9.17, 15) is 14.0 Å². The first kappa shape index (κ1) is 16.3. The smallest absolute Gasteiger partial charge is 0.233 e. The van der Waals surface area contributed by atoms with Gasteiger partial charge in [0.25, 0.3) is 0 Å². The summed E-state index contributed by atoms with van der Waals surface area (Å²) in [5.74, 6) is -1.58. The second kappa shape index (κ2) is 7.24. The summed E-state index contributed by atoms with van der Waals surface area (Å²) in [6, 6.07) is 9.97. The Morgan fingerprint density at radius 2 is 1.73 bits per heavy atom. The molecule has 2 N–H and O–H groups in total. The highest BCUT2D eigenvalue weighted by Gasteiger charge is 2.12.